The minimum absolute atomic E-state index is 0.365. The quantitative estimate of drug-likeness (QED) is 0.735. The molecular formula is C11H12OS. The highest BCUT2D eigenvalue weighted by Crippen LogP contribution is 2.31. The lowest BCUT2D eigenvalue weighted by atomic mass is 10.1. The zero-order chi connectivity index (χ0) is 9.42. The fourth-order valence-corrected chi connectivity index (χ4v) is 2.68. The molecule has 0 bridgehead atoms. The second-order valence-corrected chi connectivity index (χ2v) is 4.20. The SMILES string of the molecule is Cc1cccc2c(C(C)O)csc12. The summed E-state index contributed by atoms with van der Waals surface area (Å²) in [7, 11) is 0. The van der Waals surface area contributed by atoms with Crippen LogP contribution < -0.4 is 0 Å². The zero-order valence-corrected chi connectivity index (χ0v) is 8.56. The molecule has 1 nitrogen and oxygen atoms in total. The molecule has 0 aliphatic carbocycles. The van der Waals surface area contributed by atoms with Gasteiger partial charge in [-0.2, -0.15) is 0 Å². The van der Waals surface area contributed by atoms with Gasteiger partial charge >= 0.3 is 0 Å². The number of aliphatic hydroxyl groups excluding tert-OH is 1. The molecule has 1 N–H and O–H groups in total. The fourth-order valence-electron chi connectivity index (χ4n) is 1.55. The van der Waals surface area contributed by atoms with Crippen molar-refractivity contribution in [3.8, 4) is 0 Å². The van der Waals surface area contributed by atoms with Gasteiger partial charge in [-0.15, -0.1) is 11.3 Å². The summed E-state index contributed by atoms with van der Waals surface area (Å²) in [6, 6.07) is 6.21. The second-order valence-electron chi connectivity index (χ2n) is 3.32. The maximum atomic E-state index is 9.51. The highest BCUT2D eigenvalue weighted by atomic mass is 32.1. The summed E-state index contributed by atoms with van der Waals surface area (Å²) in [5.41, 5.74) is 2.33. The minimum atomic E-state index is -0.365. The van der Waals surface area contributed by atoms with E-state index in [0.29, 0.717) is 0 Å². The van der Waals surface area contributed by atoms with Gasteiger partial charge in [0.2, 0.25) is 0 Å². The first kappa shape index (κ1) is 8.73. The third kappa shape index (κ3) is 1.36. The van der Waals surface area contributed by atoms with Gasteiger partial charge in [-0.25, -0.2) is 0 Å². The summed E-state index contributed by atoms with van der Waals surface area (Å²) in [4.78, 5) is 0. The van der Waals surface area contributed by atoms with Gasteiger partial charge in [0, 0.05) is 4.70 Å². The van der Waals surface area contributed by atoms with Crippen molar-refractivity contribution in [3.05, 3.63) is 34.7 Å². The van der Waals surface area contributed by atoms with Crippen molar-refractivity contribution >= 4 is 21.4 Å². The molecule has 0 radical (unpaired) electrons. The van der Waals surface area contributed by atoms with Crippen LogP contribution in [0.5, 0.6) is 0 Å². The molecule has 0 saturated heterocycles. The molecule has 1 aromatic carbocycles. The van der Waals surface area contributed by atoms with Crippen LogP contribution in [-0.2, 0) is 0 Å². The Bertz CT molecular complexity index is 429. The van der Waals surface area contributed by atoms with Crippen LogP contribution in [0.4, 0.5) is 0 Å². The molecule has 0 aliphatic rings. The van der Waals surface area contributed by atoms with Gasteiger partial charge in [-0.1, -0.05) is 18.2 Å². The van der Waals surface area contributed by atoms with E-state index in [4.69, 9.17) is 0 Å². The maximum Gasteiger partial charge on any atom is 0.0776 e. The van der Waals surface area contributed by atoms with Gasteiger partial charge in [0.25, 0.3) is 0 Å². The first-order chi connectivity index (χ1) is 6.20. The van der Waals surface area contributed by atoms with Crippen molar-refractivity contribution < 1.29 is 5.11 Å². The van der Waals surface area contributed by atoms with Crippen LogP contribution in [0, 0.1) is 6.92 Å². The summed E-state index contributed by atoms with van der Waals surface area (Å²) in [5.74, 6) is 0. The molecule has 68 valence electrons. The van der Waals surface area contributed by atoms with Gasteiger partial charge in [0.1, 0.15) is 0 Å². The highest BCUT2D eigenvalue weighted by molar-refractivity contribution is 7.17. The molecule has 2 aromatic rings. The largest absolute Gasteiger partial charge is 0.389 e. The Morgan fingerprint density at radius 3 is 2.85 bits per heavy atom. The number of aryl methyl sites for hydroxylation is 1. The lowest BCUT2D eigenvalue weighted by molar-refractivity contribution is 0.201. The van der Waals surface area contributed by atoms with Crippen LogP contribution in [0.2, 0.25) is 0 Å². The van der Waals surface area contributed by atoms with Crippen LogP contribution in [0.1, 0.15) is 24.2 Å². The number of benzene rings is 1. The van der Waals surface area contributed by atoms with Crippen molar-refractivity contribution in [2.45, 2.75) is 20.0 Å². The molecule has 13 heavy (non-hydrogen) atoms. The van der Waals surface area contributed by atoms with Gasteiger partial charge in [-0.3, -0.25) is 0 Å². The van der Waals surface area contributed by atoms with E-state index >= 15 is 0 Å². The second kappa shape index (κ2) is 3.13. The van der Waals surface area contributed by atoms with Gasteiger partial charge in [0.05, 0.1) is 6.10 Å². The van der Waals surface area contributed by atoms with Crippen molar-refractivity contribution in [1.82, 2.24) is 0 Å². The Kier molecular flexibility index (Phi) is 2.10. The molecule has 0 amide bonds. The van der Waals surface area contributed by atoms with Gasteiger partial charge in [0.15, 0.2) is 0 Å². The minimum Gasteiger partial charge on any atom is -0.389 e. The van der Waals surface area contributed by atoms with Crippen molar-refractivity contribution in [2.75, 3.05) is 0 Å². The van der Waals surface area contributed by atoms with Gasteiger partial charge < -0.3 is 5.11 Å². The Balaban J connectivity index is 2.75. The first-order valence-electron chi connectivity index (χ1n) is 4.35. The van der Waals surface area contributed by atoms with E-state index in [9.17, 15) is 5.11 Å². The first-order valence-corrected chi connectivity index (χ1v) is 5.23. The standard InChI is InChI=1S/C11H12OS/c1-7-4-3-5-9-10(8(2)12)6-13-11(7)9/h3-6,8,12H,1-2H3. The molecule has 0 aliphatic heterocycles. The van der Waals surface area contributed by atoms with Crippen LogP contribution >= 0.6 is 11.3 Å². The molecule has 1 unspecified atom stereocenters. The van der Waals surface area contributed by atoms with E-state index in [2.05, 4.69) is 19.1 Å². The molecule has 2 heteroatoms. The molecule has 2 rings (SSSR count). The predicted molar refractivity (Wildman–Crippen MR) is 57.2 cm³/mol. The molecule has 1 heterocycles. The topological polar surface area (TPSA) is 20.2 Å². The summed E-state index contributed by atoms with van der Waals surface area (Å²) in [5, 5.41) is 12.7. The monoisotopic (exact) mass is 192 g/mol. The van der Waals surface area contributed by atoms with E-state index in [1.807, 2.05) is 18.4 Å². The predicted octanol–water partition coefficient (Wildman–Crippen LogP) is 3.26. The van der Waals surface area contributed by atoms with Crippen LogP contribution in [0.15, 0.2) is 23.6 Å². The third-order valence-electron chi connectivity index (χ3n) is 2.28. The number of hydrogen-bond donors (Lipinski definition) is 1. The Morgan fingerprint density at radius 1 is 1.38 bits per heavy atom. The summed E-state index contributed by atoms with van der Waals surface area (Å²) < 4.78 is 1.29. The smallest absolute Gasteiger partial charge is 0.0776 e. The van der Waals surface area contributed by atoms with E-state index < -0.39 is 0 Å². The molecule has 0 saturated carbocycles. The summed E-state index contributed by atoms with van der Waals surface area (Å²) in [6.07, 6.45) is -0.365. The molecule has 1 aromatic heterocycles. The fraction of sp³-hybridized carbons (Fsp3) is 0.273. The lowest BCUT2D eigenvalue weighted by Crippen LogP contribution is -1.87. The summed E-state index contributed by atoms with van der Waals surface area (Å²) in [6.45, 7) is 3.91. The lowest BCUT2D eigenvalue weighted by Gasteiger charge is -2.02. The van der Waals surface area contributed by atoms with Crippen LogP contribution in [0.25, 0.3) is 10.1 Å². The molecule has 0 fully saturated rings. The van der Waals surface area contributed by atoms with E-state index in [0.717, 1.165) is 5.56 Å². The maximum absolute atomic E-state index is 9.51. The van der Waals surface area contributed by atoms with Crippen LogP contribution in [-0.4, -0.2) is 5.11 Å². The van der Waals surface area contributed by atoms with E-state index in [1.54, 1.807) is 11.3 Å². The summed E-state index contributed by atoms with van der Waals surface area (Å²) >= 11 is 1.71. The third-order valence-corrected chi connectivity index (χ3v) is 3.43. The normalized spacial score (nSPS) is 13.5. The average molecular weight is 192 g/mol. The Hall–Kier alpha value is -0.860. The number of rotatable bonds is 1. The van der Waals surface area contributed by atoms with E-state index in [-0.39, 0.29) is 6.10 Å². The highest BCUT2D eigenvalue weighted by Gasteiger charge is 2.08. The number of hydrogen-bond acceptors (Lipinski definition) is 2. The van der Waals surface area contributed by atoms with Gasteiger partial charge in [-0.05, 0) is 35.7 Å². The Labute approximate surface area is 81.6 Å². The Morgan fingerprint density at radius 2 is 2.15 bits per heavy atom. The van der Waals surface area contributed by atoms with E-state index in [1.165, 1.54) is 15.6 Å². The molecule has 1 atom stereocenters. The van der Waals surface area contributed by atoms with Crippen molar-refractivity contribution in [3.63, 3.8) is 0 Å². The number of aliphatic hydroxyl groups is 1. The van der Waals surface area contributed by atoms with Crippen molar-refractivity contribution in [2.24, 2.45) is 0 Å². The number of thiophene rings is 1. The van der Waals surface area contributed by atoms with Crippen molar-refractivity contribution in [1.29, 1.82) is 0 Å². The average Bonchev–Trinajstić information content (AvgIpc) is 2.48. The molecule has 0 spiro atoms. The molecular weight excluding hydrogens is 180 g/mol. The zero-order valence-electron chi connectivity index (χ0n) is 7.74. The number of fused-ring (bicyclic) bond motifs is 1. The van der Waals surface area contributed by atoms with Crippen LogP contribution in [0.3, 0.4) is 0 Å².